The van der Waals surface area contributed by atoms with E-state index in [1.807, 2.05) is 0 Å². The number of carboxylic acid groups (broad SMARTS) is 2. The standard InChI is InChI=1S/C27H34N2O6/c1-28-24(30)19-14-16-20(26(32)33)10-9-11-21(18-22(17-15-19)27(34)35)25(31)29-23-12-7-5-3-2-4-6-8-13-23/h9-11,14-18,23H,2-8,12-13H2,1H3,(H,28,30)(H,29,31)(H,32,33)(H,34,35)/b10-9-,11-9?,16-14?,17-15-,19-14+,19-15?,20-10?,20-16+,21-11+,21-18?,22-17?,22-18+. The zero-order valence-electron chi connectivity index (χ0n) is 20.1. The molecule has 0 spiro atoms. The van der Waals surface area contributed by atoms with Crippen molar-refractivity contribution in [2.24, 2.45) is 0 Å². The van der Waals surface area contributed by atoms with Gasteiger partial charge < -0.3 is 20.8 Å². The van der Waals surface area contributed by atoms with Crippen molar-refractivity contribution in [3.8, 4) is 0 Å². The maximum Gasteiger partial charge on any atom is 0.335 e. The second-order valence-electron chi connectivity index (χ2n) is 8.57. The van der Waals surface area contributed by atoms with Crippen LogP contribution >= 0.6 is 0 Å². The molecule has 8 nitrogen and oxygen atoms in total. The predicted molar refractivity (Wildman–Crippen MR) is 133 cm³/mol. The summed E-state index contributed by atoms with van der Waals surface area (Å²) in [5.41, 5.74) is -0.158. The number of hydrogen-bond donors (Lipinski definition) is 4. The van der Waals surface area contributed by atoms with E-state index >= 15 is 0 Å². The average Bonchev–Trinajstić information content (AvgIpc) is 2.82. The topological polar surface area (TPSA) is 133 Å². The van der Waals surface area contributed by atoms with Crippen molar-refractivity contribution in [1.29, 1.82) is 0 Å². The summed E-state index contributed by atoms with van der Waals surface area (Å²) in [6, 6.07) is -0.0126. The molecule has 0 heterocycles. The highest BCUT2D eigenvalue weighted by molar-refractivity contribution is 6.01. The van der Waals surface area contributed by atoms with Crippen LogP contribution in [0.4, 0.5) is 0 Å². The highest BCUT2D eigenvalue weighted by atomic mass is 16.4. The number of nitrogens with one attached hydrogen (secondary N) is 2. The Morgan fingerprint density at radius 2 is 1.23 bits per heavy atom. The SMILES string of the molecule is CNC(=O)C1=C/C=C(C(=O)O)\C=C/C=C(C(=O)NC2CCCCCCCCC2)\C=C(C(=O)O)/C=C\1. The third-order valence-electron chi connectivity index (χ3n) is 5.93. The van der Waals surface area contributed by atoms with Crippen LogP contribution in [-0.4, -0.2) is 47.1 Å². The van der Waals surface area contributed by atoms with Crippen molar-refractivity contribution in [2.75, 3.05) is 7.05 Å². The summed E-state index contributed by atoms with van der Waals surface area (Å²) in [5, 5.41) is 24.6. The first kappa shape index (κ1) is 27.6. The maximum absolute atomic E-state index is 13.2. The molecule has 4 N–H and O–H groups in total. The van der Waals surface area contributed by atoms with Crippen LogP contribution in [0.2, 0.25) is 0 Å². The van der Waals surface area contributed by atoms with E-state index in [1.54, 1.807) is 0 Å². The third kappa shape index (κ3) is 9.60. The van der Waals surface area contributed by atoms with Gasteiger partial charge in [-0.1, -0.05) is 51.0 Å². The molecule has 0 saturated heterocycles. The Kier molecular flexibility index (Phi) is 11.5. The number of rotatable bonds is 5. The number of aliphatic carboxylic acids is 2. The molecule has 2 aliphatic rings. The minimum atomic E-state index is -1.27. The molecule has 1 fully saturated rings. The van der Waals surface area contributed by atoms with Crippen molar-refractivity contribution in [2.45, 2.75) is 63.8 Å². The number of carbonyl (C=O) groups is 4. The van der Waals surface area contributed by atoms with Crippen LogP contribution in [-0.2, 0) is 19.2 Å². The van der Waals surface area contributed by atoms with E-state index in [-0.39, 0.29) is 28.3 Å². The van der Waals surface area contributed by atoms with Gasteiger partial charge in [-0.3, -0.25) is 9.59 Å². The number of likely N-dealkylation sites (N-methyl/N-ethyl adjacent to an activating group) is 1. The maximum atomic E-state index is 13.2. The lowest BCUT2D eigenvalue weighted by molar-refractivity contribution is -0.133. The Labute approximate surface area is 205 Å². The molecule has 0 aromatic carbocycles. The molecule has 8 heteroatoms. The zero-order chi connectivity index (χ0) is 25.6. The van der Waals surface area contributed by atoms with Gasteiger partial charge in [-0.2, -0.15) is 0 Å². The molecule has 188 valence electrons. The van der Waals surface area contributed by atoms with Crippen LogP contribution in [0.5, 0.6) is 0 Å². The molecule has 35 heavy (non-hydrogen) atoms. The molecule has 2 aliphatic carbocycles. The number of amides is 2. The first-order valence-corrected chi connectivity index (χ1v) is 12.0. The third-order valence-corrected chi connectivity index (χ3v) is 5.93. The lowest BCUT2D eigenvalue weighted by atomic mass is 9.97. The highest BCUT2D eigenvalue weighted by Gasteiger charge is 2.17. The quantitative estimate of drug-likeness (QED) is 0.472. The van der Waals surface area contributed by atoms with Gasteiger partial charge in [-0.15, -0.1) is 0 Å². The first-order chi connectivity index (χ1) is 16.8. The molecule has 2 rings (SSSR count). The lowest BCUT2D eigenvalue weighted by Crippen LogP contribution is -2.35. The number of carbonyl (C=O) groups excluding carboxylic acids is 2. The molecule has 0 aromatic rings. The summed E-state index contributed by atoms with van der Waals surface area (Å²) < 4.78 is 0. The largest absolute Gasteiger partial charge is 0.478 e. The minimum Gasteiger partial charge on any atom is -0.478 e. The molecule has 1 saturated carbocycles. The van der Waals surface area contributed by atoms with Gasteiger partial charge in [0.15, 0.2) is 0 Å². The molecule has 0 atom stereocenters. The predicted octanol–water partition coefficient (Wildman–Crippen LogP) is 3.74. The number of allylic oxidation sites excluding steroid dienone is 4. The zero-order valence-corrected chi connectivity index (χ0v) is 20.1. The molecule has 0 bridgehead atoms. The number of carboxylic acids is 2. The van der Waals surface area contributed by atoms with Crippen LogP contribution in [0.3, 0.4) is 0 Å². The van der Waals surface area contributed by atoms with Crippen molar-refractivity contribution in [3.63, 3.8) is 0 Å². The summed E-state index contributed by atoms with van der Waals surface area (Å²) >= 11 is 0. The van der Waals surface area contributed by atoms with Crippen LogP contribution in [0, 0.1) is 0 Å². The Morgan fingerprint density at radius 3 is 1.80 bits per heavy atom. The second kappa shape index (κ2) is 14.6. The summed E-state index contributed by atoms with van der Waals surface area (Å²) in [6.45, 7) is 0. The molecular weight excluding hydrogens is 448 g/mol. The molecule has 2 amide bonds. The van der Waals surface area contributed by atoms with Crippen molar-refractivity contribution in [3.05, 3.63) is 70.9 Å². The molecule has 0 aliphatic heterocycles. The van der Waals surface area contributed by atoms with Crippen molar-refractivity contribution >= 4 is 23.8 Å². The fraction of sp³-hybridized carbons (Fsp3) is 0.407. The molecule has 0 aromatic heterocycles. The fourth-order valence-corrected chi connectivity index (χ4v) is 3.92. The monoisotopic (exact) mass is 482 g/mol. The van der Waals surface area contributed by atoms with Crippen molar-refractivity contribution in [1.82, 2.24) is 10.6 Å². The van der Waals surface area contributed by atoms with Gasteiger partial charge in [-0.05, 0) is 55.4 Å². The van der Waals surface area contributed by atoms with E-state index in [1.165, 1.54) is 74.9 Å². The van der Waals surface area contributed by atoms with E-state index in [2.05, 4.69) is 10.6 Å². The van der Waals surface area contributed by atoms with Crippen LogP contribution in [0.15, 0.2) is 70.9 Å². The van der Waals surface area contributed by atoms with Gasteiger partial charge >= 0.3 is 11.9 Å². The highest BCUT2D eigenvalue weighted by Crippen LogP contribution is 2.18. The number of hydrogen-bond acceptors (Lipinski definition) is 4. The van der Waals surface area contributed by atoms with E-state index in [9.17, 15) is 29.4 Å². The minimum absolute atomic E-state index is 0.0126. The summed E-state index contributed by atoms with van der Waals surface area (Å²) in [6.07, 6.45) is 20.0. The van der Waals surface area contributed by atoms with Crippen molar-refractivity contribution < 1.29 is 29.4 Å². The summed E-state index contributed by atoms with van der Waals surface area (Å²) in [4.78, 5) is 48.8. The summed E-state index contributed by atoms with van der Waals surface area (Å²) in [7, 11) is 1.41. The van der Waals surface area contributed by atoms with Gasteiger partial charge in [0.1, 0.15) is 0 Å². The van der Waals surface area contributed by atoms with E-state index in [4.69, 9.17) is 0 Å². The Balaban J connectivity index is 2.41. The smallest absolute Gasteiger partial charge is 0.335 e. The Hall–Kier alpha value is -3.68. The molecule has 0 radical (unpaired) electrons. The van der Waals surface area contributed by atoms with Gasteiger partial charge in [0.25, 0.3) is 11.8 Å². The van der Waals surface area contributed by atoms with Gasteiger partial charge in [-0.25, -0.2) is 9.59 Å². The lowest BCUT2D eigenvalue weighted by Gasteiger charge is -2.20. The fourth-order valence-electron chi connectivity index (χ4n) is 3.92. The van der Waals surface area contributed by atoms with Gasteiger partial charge in [0.2, 0.25) is 0 Å². The van der Waals surface area contributed by atoms with E-state index in [0.29, 0.717) is 0 Å². The van der Waals surface area contributed by atoms with Crippen LogP contribution in [0.25, 0.3) is 0 Å². The van der Waals surface area contributed by atoms with Gasteiger partial charge in [0.05, 0.1) is 11.1 Å². The average molecular weight is 483 g/mol. The van der Waals surface area contributed by atoms with Gasteiger partial charge in [0, 0.05) is 24.2 Å². The van der Waals surface area contributed by atoms with E-state index < -0.39 is 23.8 Å². The second-order valence-corrected chi connectivity index (χ2v) is 8.57. The van der Waals surface area contributed by atoms with Crippen LogP contribution < -0.4 is 10.6 Å². The summed E-state index contributed by atoms with van der Waals surface area (Å²) in [5.74, 6) is -3.42. The molecule has 0 unspecified atom stereocenters. The Morgan fingerprint density at radius 1 is 0.686 bits per heavy atom. The Bertz CT molecular complexity index is 987. The molecular formula is C27H34N2O6. The van der Waals surface area contributed by atoms with E-state index in [0.717, 1.165) is 38.5 Å². The normalized spacial score (nSPS) is 26.2. The van der Waals surface area contributed by atoms with Crippen LogP contribution in [0.1, 0.15) is 57.8 Å². The first-order valence-electron chi connectivity index (χ1n) is 12.0.